The maximum atomic E-state index is 13.3. The van der Waals surface area contributed by atoms with Crippen molar-refractivity contribution in [2.24, 2.45) is 5.92 Å². The number of rotatable bonds is 15. The second-order valence-electron chi connectivity index (χ2n) is 10.6. The largest absolute Gasteiger partial charge is 0.548 e. The molecule has 2 atom stereocenters. The van der Waals surface area contributed by atoms with Crippen LogP contribution in [0.3, 0.4) is 0 Å². The molecule has 0 aliphatic heterocycles. The fourth-order valence-corrected chi connectivity index (χ4v) is 5.88. The quantitative estimate of drug-likeness (QED) is 0.288. The molecule has 1 saturated carbocycles. The monoisotopic (exact) mass is 538 g/mol. The van der Waals surface area contributed by atoms with Crippen molar-refractivity contribution >= 4 is 23.6 Å². The minimum absolute atomic E-state index is 0.253. The average molecular weight is 539 g/mol. The minimum atomic E-state index is -1.26. The molecule has 1 fully saturated rings. The number of amides is 1. The van der Waals surface area contributed by atoms with E-state index in [0.29, 0.717) is 24.3 Å². The molecule has 0 radical (unpaired) electrons. The Morgan fingerprint density at radius 2 is 1.84 bits per heavy atom. The van der Waals surface area contributed by atoms with Gasteiger partial charge < -0.3 is 20.0 Å². The Morgan fingerprint density at radius 1 is 1.08 bits per heavy atom. The lowest BCUT2D eigenvalue weighted by Crippen LogP contribution is -2.48. The van der Waals surface area contributed by atoms with Gasteiger partial charge in [0.2, 0.25) is 0 Å². The highest BCUT2D eigenvalue weighted by molar-refractivity contribution is 7.98. The van der Waals surface area contributed by atoms with Gasteiger partial charge in [0, 0.05) is 5.56 Å². The van der Waals surface area contributed by atoms with Gasteiger partial charge in [-0.3, -0.25) is 4.79 Å². The van der Waals surface area contributed by atoms with Gasteiger partial charge in [-0.05, 0) is 78.5 Å². The number of carbonyl (C=O) groups excluding carboxylic acids is 2. The van der Waals surface area contributed by atoms with E-state index in [-0.39, 0.29) is 6.10 Å². The maximum Gasteiger partial charge on any atom is 0.252 e. The first-order chi connectivity index (χ1) is 18.4. The van der Waals surface area contributed by atoms with E-state index in [1.54, 1.807) is 17.8 Å². The van der Waals surface area contributed by atoms with Gasteiger partial charge in [-0.15, -0.1) is 0 Å². The summed E-state index contributed by atoms with van der Waals surface area (Å²) in [6, 6.07) is 12.7. The fourth-order valence-electron chi connectivity index (χ4n) is 5.41. The first-order valence-electron chi connectivity index (χ1n) is 14.2. The van der Waals surface area contributed by atoms with Crippen molar-refractivity contribution in [2.75, 3.05) is 12.0 Å². The molecule has 1 aliphatic rings. The van der Waals surface area contributed by atoms with E-state index >= 15 is 0 Å². The molecule has 38 heavy (non-hydrogen) atoms. The van der Waals surface area contributed by atoms with Crippen LogP contribution in [0, 0.1) is 12.8 Å². The standard InChI is InChI=1S/C32H45NO4S/c1-4-5-14-26(20-24-12-7-6-8-13-24)37-22-25-16-17-28(29(21-25)27-15-10-9-11-23(27)2)31(34)33-30(32(35)36)18-19-38-3/h9-11,15-17,21,24,26,30H,4-8,12-14,18-20,22H2,1-3H3,(H,33,34)(H,35,36)/p-1/t26?,30-/m0/s1. The minimum Gasteiger partial charge on any atom is -0.548 e. The molecule has 1 unspecified atom stereocenters. The van der Waals surface area contributed by atoms with E-state index in [1.807, 2.05) is 49.6 Å². The number of benzene rings is 2. The van der Waals surface area contributed by atoms with E-state index in [9.17, 15) is 14.7 Å². The number of carboxylic acids is 1. The SMILES string of the molecule is CCCCC(CC1CCCCC1)OCc1ccc(C(=O)N[C@@H](CCSC)C(=O)[O-])c(-c2ccccc2C)c1. The summed E-state index contributed by atoms with van der Waals surface area (Å²) in [5.41, 5.74) is 4.28. The summed E-state index contributed by atoms with van der Waals surface area (Å²) in [4.78, 5) is 25.0. The second kappa shape index (κ2) is 15.9. The summed E-state index contributed by atoms with van der Waals surface area (Å²) in [5, 5.41) is 14.3. The van der Waals surface area contributed by atoms with Crippen LogP contribution < -0.4 is 10.4 Å². The summed E-state index contributed by atoms with van der Waals surface area (Å²) in [6.07, 6.45) is 13.7. The highest BCUT2D eigenvalue weighted by Gasteiger charge is 2.21. The molecule has 0 aromatic heterocycles. The van der Waals surface area contributed by atoms with Crippen molar-refractivity contribution in [1.82, 2.24) is 5.32 Å². The van der Waals surface area contributed by atoms with Crippen molar-refractivity contribution in [1.29, 1.82) is 0 Å². The van der Waals surface area contributed by atoms with Crippen LogP contribution in [0.2, 0.25) is 0 Å². The molecular weight excluding hydrogens is 494 g/mol. The molecule has 2 aromatic carbocycles. The molecule has 6 heteroatoms. The second-order valence-corrected chi connectivity index (χ2v) is 11.6. The maximum absolute atomic E-state index is 13.3. The third kappa shape index (κ3) is 9.16. The summed E-state index contributed by atoms with van der Waals surface area (Å²) < 4.78 is 6.51. The number of carbonyl (C=O) groups is 2. The van der Waals surface area contributed by atoms with E-state index in [4.69, 9.17) is 4.74 Å². The lowest BCUT2D eigenvalue weighted by atomic mass is 9.84. The van der Waals surface area contributed by atoms with Crippen LogP contribution in [-0.2, 0) is 16.1 Å². The van der Waals surface area contributed by atoms with Crippen LogP contribution in [0.5, 0.6) is 0 Å². The van der Waals surface area contributed by atoms with E-state index in [0.717, 1.165) is 47.4 Å². The Balaban J connectivity index is 1.82. The number of ether oxygens (including phenoxy) is 1. The average Bonchev–Trinajstić information content (AvgIpc) is 2.93. The number of hydrogen-bond donors (Lipinski definition) is 1. The number of carboxylic acid groups (broad SMARTS) is 1. The van der Waals surface area contributed by atoms with Crippen LogP contribution in [0.15, 0.2) is 42.5 Å². The Labute approximate surface area is 233 Å². The topological polar surface area (TPSA) is 78.5 Å². The lowest BCUT2D eigenvalue weighted by Gasteiger charge is -2.27. The van der Waals surface area contributed by atoms with Gasteiger partial charge >= 0.3 is 0 Å². The van der Waals surface area contributed by atoms with Gasteiger partial charge in [0.1, 0.15) is 0 Å². The number of thioether (sulfide) groups is 1. The molecule has 0 saturated heterocycles. The van der Waals surface area contributed by atoms with E-state index in [1.165, 1.54) is 38.5 Å². The van der Waals surface area contributed by atoms with Crippen molar-refractivity contribution in [3.8, 4) is 11.1 Å². The molecule has 1 aliphatic carbocycles. The number of aryl methyl sites for hydroxylation is 1. The molecule has 0 heterocycles. The Morgan fingerprint density at radius 3 is 2.53 bits per heavy atom. The van der Waals surface area contributed by atoms with Gasteiger partial charge in [-0.1, -0.05) is 82.2 Å². The van der Waals surface area contributed by atoms with Gasteiger partial charge in [0.15, 0.2) is 0 Å². The highest BCUT2D eigenvalue weighted by Crippen LogP contribution is 2.31. The Hall–Kier alpha value is -2.31. The Bertz CT molecular complexity index is 1030. The summed E-state index contributed by atoms with van der Waals surface area (Å²) in [5.74, 6) is -0.267. The first kappa shape index (κ1) is 30.2. The van der Waals surface area contributed by atoms with E-state index in [2.05, 4.69) is 12.2 Å². The first-order valence-corrected chi connectivity index (χ1v) is 15.6. The highest BCUT2D eigenvalue weighted by atomic mass is 32.2. The third-order valence-corrected chi connectivity index (χ3v) is 8.29. The molecule has 208 valence electrons. The predicted octanol–water partition coefficient (Wildman–Crippen LogP) is 6.31. The van der Waals surface area contributed by atoms with Crippen LogP contribution in [0.1, 0.15) is 92.6 Å². The van der Waals surface area contributed by atoms with Gasteiger partial charge in [0.05, 0.1) is 24.7 Å². The van der Waals surface area contributed by atoms with Crippen LogP contribution in [0.4, 0.5) is 0 Å². The molecule has 1 amide bonds. The molecule has 0 spiro atoms. The van der Waals surface area contributed by atoms with E-state index < -0.39 is 17.9 Å². The Kier molecular flexibility index (Phi) is 12.7. The molecule has 5 nitrogen and oxygen atoms in total. The smallest absolute Gasteiger partial charge is 0.252 e. The molecule has 2 aromatic rings. The summed E-state index contributed by atoms with van der Waals surface area (Å²) in [6.45, 7) is 4.74. The van der Waals surface area contributed by atoms with Crippen LogP contribution in [-0.4, -0.2) is 36.0 Å². The lowest BCUT2D eigenvalue weighted by molar-refractivity contribution is -0.308. The number of hydrogen-bond acceptors (Lipinski definition) is 5. The van der Waals surface area contributed by atoms with Crippen molar-refractivity contribution in [3.05, 3.63) is 59.2 Å². The predicted molar refractivity (Wildman–Crippen MR) is 155 cm³/mol. The van der Waals surface area contributed by atoms with Crippen molar-refractivity contribution in [3.63, 3.8) is 0 Å². The zero-order valence-electron chi connectivity index (χ0n) is 23.3. The van der Waals surface area contributed by atoms with Gasteiger partial charge in [-0.2, -0.15) is 11.8 Å². The van der Waals surface area contributed by atoms with Crippen LogP contribution in [0.25, 0.3) is 11.1 Å². The number of unbranched alkanes of at least 4 members (excludes halogenated alkanes) is 1. The van der Waals surface area contributed by atoms with Crippen LogP contribution >= 0.6 is 11.8 Å². The summed E-state index contributed by atoms with van der Waals surface area (Å²) in [7, 11) is 0. The summed E-state index contributed by atoms with van der Waals surface area (Å²) >= 11 is 1.54. The van der Waals surface area contributed by atoms with Gasteiger partial charge in [-0.25, -0.2) is 0 Å². The molecular formula is C32H44NO4S-. The van der Waals surface area contributed by atoms with Crippen molar-refractivity contribution in [2.45, 2.75) is 96.8 Å². The third-order valence-electron chi connectivity index (χ3n) is 7.65. The zero-order valence-corrected chi connectivity index (χ0v) is 24.1. The van der Waals surface area contributed by atoms with Gasteiger partial charge in [0.25, 0.3) is 5.91 Å². The normalized spacial score (nSPS) is 15.7. The number of nitrogens with one attached hydrogen (secondary N) is 1. The zero-order chi connectivity index (χ0) is 27.3. The van der Waals surface area contributed by atoms with Crippen molar-refractivity contribution < 1.29 is 19.4 Å². The fraction of sp³-hybridized carbons (Fsp3) is 0.562. The molecule has 1 N–H and O–H groups in total. The molecule has 0 bridgehead atoms. The number of aliphatic carboxylic acids is 1. The molecule has 3 rings (SSSR count).